The summed E-state index contributed by atoms with van der Waals surface area (Å²) in [5.74, 6) is 0.922. The quantitative estimate of drug-likeness (QED) is 0.856. The van der Waals surface area contributed by atoms with Gasteiger partial charge in [-0.2, -0.15) is 5.10 Å². The molecule has 1 heterocycles. The number of aromatic amines is 1. The first-order valence-corrected chi connectivity index (χ1v) is 5.33. The van der Waals surface area contributed by atoms with E-state index in [1.54, 1.807) is 7.11 Å². The van der Waals surface area contributed by atoms with E-state index in [2.05, 4.69) is 35.3 Å². The van der Waals surface area contributed by atoms with Gasteiger partial charge in [0.2, 0.25) is 0 Å². The van der Waals surface area contributed by atoms with Crippen LogP contribution >= 0.6 is 0 Å². The van der Waals surface area contributed by atoms with E-state index in [4.69, 9.17) is 4.74 Å². The van der Waals surface area contributed by atoms with E-state index in [1.807, 2.05) is 13.0 Å². The molecule has 3 heteroatoms. The highest BCUT2D eigenvalue weighted by Gasteiger charge is 2.06. The number of rotatable bonds is 3. The van der Waals surface area contributed by atoms with Crippen molar-refractivity contribution in [2.45, 2.75) is 20.3 Å². The smallest absolute Gasteiger partial charge is 0.122 e. The minimum absolute atomic E-state index is 0.801. The van der Waals surface area contributed by atoms with Gasteiger partial charge in [-0.25, -0.2) is 0 Å². The predicted octanol–water partition coefficient (Wildman–Crippen LogP) is 2.63. The van der Waals surface area contributed by atoms with Gasteiger partial charge in [0.1, 0.15) is 5.75 Å². The Labute approximate surface area is 95.5 Å². The molecule has 16 heavy (non-hydrogen) atoms. The maximum atomic E-state index is 5.34. The third-order valence-corrected chi connectivity index (χ3v) is 2.57. The zero-order valence-corrected chi connectivity index (χ0v) is 9.87. The number of aryl methyl sites for hydroxylation is 2. The number of hydrogen-bond donors (Lipinski definition) is 1. The van der Waals surface area contributed by atoms with Crippen LogP contribution < -0.4 is 4.74 Å². The molecule has 84 valence electrons. The SMILES string of the molecule is COc1ccc(C)cc1Cc1cc(C)[nH]n1. The van der Waals surface area contributed by atoms with Crippen LogP contribution in [0.1, 0.15) is 22.5 Å². The molecule has 2 rings (SSSR count). The minimum Gasteiger partial charge on any atom is -0.496 e. The Bertz CT molecular complexity index is 488. The first kappa shape index (κ1) is 10.7. The summed E-state index contributed by atoms with van der Waals surface area (Å²) in [4.78, 5) is 0. The summed E-state index contributed by atoms with van der Waals surface area (Å²) < 4.78 is 5.34. The van der Waals surface area contributed by atoms with Crippen LogP contribution in [0.4, 0.5) is 0 Å². The standard InChI is InChI=1S/C13H16N2O/c1-9-4-5-13(16-3)11(6-9)8-12-7-10(2)14-15-12/h4-7H,8H2,1-3H3,(H,14,15). The first-order valence-electron chi connectivity index (χ1n) is 5.33. The highest BCUT2D eigenvalue weighted by molar-refractivity contribution is 5.39. The lowest BCUT2D eigenvalue weighted by Crippen LogP contribution is -1.95. The molecule has 0 fully saturated rings. The van der Waals surface area contributed by atoms with Gasteiger partial charge < -0.3 is 4.74 Å². The Hall–Kier alpha value is -1.77. The average molecular weight is 216 g/mol. The first-order chi connectivity index (χ1) is 7.69. The maximum Gasteiger partial charge on any atom is 0.122 e. The van der Waals surface area contributed by atoms with Gasteiger partial charge in [0.05, 0.1) is 12.8 Å². The second-order valence-electron chi connectivity index (χ2n) is 4.03. The van der Waals surface area contributed by atoms with Crippen molar-refractivity contribution in [1.29, 1.82) is 0 Å². The zero-order valence-electron chi connectivity index (χ0n) is 9.87. The largest absolute Gasteiger partial charge is 0.496 e. The molecule has 0 saturated heterocycles. The van der Waals surface area contributed by atoms with E-state index in [9.17, 15) is 0 Å². The predicted molar refractivity (Wildman–Crippen MR) is 63.9 cm³/mol. The van der Waals surface area contributed by atoms with Gasteiger partial charge in [0, 0.05) is 17.7 Å². The van der Waals surface area contributed by atoms with Crippen LogP contribution in [-0.4, -0.2) is 17.3 Å². The fourth-order valence-corrected chi connectivity index (χ4v) is 1.81. The van der Waals surface area contributed by atoms with Gasteiger partial charge in [-0.1, -0.05) is 17.7 Å². The number of nitrogens with zero attached hydrogens (tertiary/aromatic N) is 1. The Morgan fingerprint density at radius 1 is 1.25 bits per heavy atom. The molecule has 0 saturated carbocycles. The van der Waals surface area contributed by atoms with Gasteiger partial charge in [-0.3, -0.25) is 5.10 Å². The van der Waals surface area contributed by atoms with E-state index < -0.39 is 0 Å². The number of nitrogens with one attached hydrogen (secondary N) is 1. The van der Waals surface area contributed by atoms with Crippen molar-refractivity contribution in [3.05, 3.63) is 46.8 Å². The van der Waals surface area contributed by atoms with E-state index in [0.717, 1.165) is 23.6 Å². The minimum atomic E-state index is 0.801. The average Bonchev–Trinajstić information content (AvgIpc) is 2.64. The number of hydrogen-bond acceptors (Lipinski definition) is 2. The molecule has 0 aliphatic carbocycles. The van der Waals surface area contributed by atoms with Gasteiger partial charge in [0.15, 0.2) is 0 Å². The summed E-state index contributed by atoms with van der Waals surface area (Å²) in [5, 5.41) is 7.19. The van der Waals surface area contributed by atoms with Crippen molar-refractivity contribution >= 4 is 0 Å². The number of aromatic nitrogens is 2. The monoisotopic (exact) mass is 216 g/mol. The third kappa shape index (κ3) is 2.24. The Balaban J connectivity index is 2.29. The Morgan fingerprint density at radius 2 is 2.06 bits per heavy atom. The lowest BCUT2D eigenvalue weighted by molar-refractivity contribution is 0.410. The van der Waals surface area contributed by atoms with Crippen LogP contribution in [0.5, 0.6) is 5.75 Å². The molecule has 1 aromatic heterocycles. The topological polar surface area (TPSA) is 37.9 Å². The van der Waals surface area contributed by atoms with Crippen molar-refractivity contribution in [3.63, 3.8) is 0 Å². The third-order valence-electron chi connectivity index (χ3n) is 2.57. The van der Waals surface area contributed by atoms with Crippen LogP contribution in [0.25, 0.3) is 0 Å². The van der Waals surface area contributed by atoms with Crippen LogP contribution in [-0.2, 0) is 6.42 Å². The molecule has 0 aliphatic rings. The Morgan fingerprint density at radius 3 is 2.69 bits per heavy atom. The van der Waals surface area contributed by atoms with Crippen LogP contribution in [0.15, 0.2) is 24.3 Å². The lowest BCUT2D eigenvalue weighted by Gasteiger charge is -2.07. The van der Waals surface area contributed by atoms with E-state index in [0.29, 0.717) is 0 Å². The number of ether oxygens (including phenoxy) is 1. The van der Waals surface area contributed by atoms with Gasteiger partial charge in [-0.15, -0.1) is 0 Å². The Kier molecular flexibility index (Phi) is 2.95. The summed E-state index contributed by atoms with van der Waals surface area (Å²) in [5.41, 5.74) is 4.54. The molecule has 2 aromatic rings. The van der Waals surface area contributed by atoms with Gasteiger partial charge in [0.25, 0.3) is 0 Å². The summed E-state index contributed by atoms with van der Waals surface area (Å²) in [6.45, 7) is 4.09. The van der Waals surface area contributed by atoms with Crippen molar-refractivity contribution in [1.82, 2.24) is 10.2 Å². The second-order valence-corrected chi connectivity index (χ2v) is 4.03. The normalized spacial score (nSPS) is 10.4. The zero-order chi connectivity index (χ0) is 11.5. The molecule has 3 nitrogen and oxygen atoms in total. The summed E-state index contributed by atoms with van der Waals surface area (Å²) in [7, 11) is 1.70. The second kappa shape index (κ2) is 4.39. The number of methoxy groups -OCH3 is 1. The highest BCUT2D eigenvalue weighted by atomic mass is 16.5. The van der Waals surface area contributed by atoms with Crippen molar-refractivity contribution < 1.29 is 4.74 Å². The molecule has 0 unspecified atom stereocenters. The summed E-state index contributed by atoms with van der Waals surface area (Å²) in [6, 6.07) is 8.26. The maximum absolute atomic E-state index is 5.34. The van der Waals surface area contributed by atoms with Gasteiger partial charge >= 0.3 is 0 Å². The molecule has 0 atom stereocenters. The van der Waals surface area contributed by atoms with Crippen molar-refractivity contribution in [2.24, 2.45) is 0 Å². The van der Waals surface area contributed by atoms with E-state index >= 15 is 0 Å². The van der Waals surface area contributed by atoms with E-state index in [1.165, 1.54) is 11.1 Å². The molecule has 1 N–H and O–H groups in total. The molecule has 0 aliphatic heterocycles. The van der Waals surface area contributed by atoms with Gasteiger partial charge in [-0.05, 0) is 26.0 Å². The molecule has 1 aromatic carbocycles. The molecule has 0 spiro atoms. The number of benzene rings is 1. The lowest BCUT2D eigenvalue weighted by atomic mass is 10.1. The van der Waals surface area contributed by atoms with Crippen molar-refractivity contribution in [3.8, 4) is 5.75 Å². The van der Waals surface area contributed by atoms with Crippen LogP contribution in [0.2, 0.25) is 0 Å². The summed E-state index contributed by atoms with van der Waals surface area (Å²) >= 11 is 0. The fourth-order valence-electron chi connectivity index (χ4n) is 1.81. The molecular formula is C13H16N2O. The highest BCUT2D eigenvalue weighted by Crippen LogP contribution is 2.22. The molecule has 0 amide bonds. The fraction of sp³-hybridized carbons (Fsp3) is 0.308. The van der Waals surface area contributed by atoms with Crippen LogP contribution in [0.3, 0.4) is 0 Å². The van der Waals surface area contributed by atoms with Crippen molar-refractivity contribution in [2.75, 3.05) is 7.11 Å². The van der Waals surface area contributed by atoms with Crippen LogP contribution in [0, 0.1) is 13.8 Å². The molecule has 0 radical (unpaired) electrons. The van der Waals surface area contributed by atoms with E-state index in [-0.39, 0.29) is 0 Å². The number of H-pyrrole nitrogens is 1. The molecule has 0 bridgehead atoms. The summed E-state index contributed by atoms with van der Waals surface area (Å²) in [6.07, 6.45) is 0.801. The molecular weight excluding hydrogens is 200 g/mol.